The van der Waals surface area contributed by atoms with Crippen molar-refractivity contribution in [1.29, 1.82) is 0 Å². The van der Waals surface area contributed by atoms with Crippen molar-refractivity contribution in [2.24, 2.45) is 47.3 Å². The van der Waals surface area contributed by atoms with Crippen molar-refractivity contribution >= 4 is 17.5 Å². The Morgan fingerprint density at radius 1 is 0.852 bits per heavy atom. The molecule has 0 radical (unpaired) electrons. The molecular formula is C43H72O11. The Hall–Kier alpha value is -1.47. The van der Waals surface area contributed by atoms with E-state index in [1.54, 1.807) is 6.92 Å². The Kier molecular flexibility index (Phi) is 13.3. The third-order valence-corrected chi connectivity index (χ3v) is 15.1. The van der Waals surface area contributed by atoms with E-state index < -0.39 is 70.7 Å². The highest BCUT2D eigenvalue weighted by molar-refractivity contribution is 5.87. The van der Waals surface area contributed by atoms with Crippen LogP contribution in [0.3, 0.4) is 0 Å². The summed E-state index contributed by atoms with van der Waals surface area (Å²) in [4.78, 5) is 40.4. The van der Waals surface area contributed by atoms with Gasteiger partial charge in [-0.05, 0) is 83.5 Å². The monoisotopic (exact) mass is 765 g/mol. The zero-order chi connectivity index (χ0) is 40.1. The van der Waals surface area contributed by atoms with Gasteiger partial charge in [0.05, 0.1) is 53.7 Å². The second-order valence-corrected chi connectivity index (χ2v) is 18.6. The molecule has 5 fully saturated rings. The van der Waals surface area contributed by atoms with Gasteiger partial charge in [0.25, 0.3) is 0 Å². The van der Waals surface area contributed by atoms with Crippen LogP contribution in [-0.4, -0.2) is 92.3 Å². The molecule has 1 unspecified atom stereocenters. The highest BCUT2D eigenvalue weighted by Crippen LogP contribution is 2.56. The number of aliphatic hydroxyl groups is 2. The van der Waals surface area contributed by atoms with Gasteiger partial charge in [0.2, 0.25) is 5.79 Å². The zero-order valence-corrected chi connectivity index (χ0v) is 35.0. The summed E-state index contributed by atoms with van der Waals surface area (Å²) in [5.41, 5.74) is -1.68. The number of carboxylic acid groups (broad SMARTS) is 1. The number of aliphatic hydroxyl groups excluding tert-OH is 1. The molecule has 0 aromatic heterocycles. The van der Waals surface area contributed by atoms with Crippen LogP contribution in [0, 0.1) is 47.3 Å². The van der Waals surface area contributed by atoms with Crippen LogP contribution in [0.2, 0.25) is 0 Å². The number of carbonyl (C=O) groups is 3. The number of ketones is 2. The van der Waals surface area contributed by atoms with Crippen LogP contribution in [0.1, 0.15) is 147 Å². The average molecular weight is 765 g/mol. The largest absolute Gasteiger partial charge is 0.481 e. The lowest BCUT2D eigenvalue weighted by Gasteiger charge is -2.57. The van der Waals surface area contributed by atoms with Gasteiger partial charge >= 0.3 is 5.97 Å². The first kappa shape index (κ1) is 43.6. The summed E-state index contributed by atoms with van der Waals surface area (Å²) < 4.78 is 33.8. The van der Waals surface area contributed by atoms with E-state index in [0.717, 1.165) is 12.8 Å². The molecule has 5 heterocycles. The van der Waals surface area contributed by atoms with Crippen molar-refractivity contribution < 1.29 is 53.4 Å². The summed E-state index contributed by atoms with van der Waals surface area (Å²) in [5, 5.41) is 32.6. The van der Waals surface area contributed by atoms with E-state index >= 15 is 0 Å². The number of aliphatic carboxylic acids is 1. The minimum absolute atomic E-state index is 0.0133. The first-order valence-corrected chi connectivity index (χ1v) is 21.3. The molecule has 5 saturated heterocycles. The molecule has 5 rings (SSSR count). The van der Waals surface area contributed by atoms with Crippen molar-refractivity contribution in [3.8, 4) is 0 Å². The predicted molar refractivity (Wildman–Crippen MR) is 202 cm³/mol. The van der Waals surface area contributed by atoms with Crippen LogP contribution in [0.15, 0.2) is 0 Å². The second kappa shape index (κ2) is 16.4. The number of carboxylic acids is 1. The van der Waals surface area contributed by atoms with Crippen LogP contribution >= 0.6 is 0 Å². The summed E-state index contributed by atoms with van der Waals surface area (Å²) in [7, 11) is 0. The third kappa shape index (κ3) is 7.74. The van der Waals surface area contributed by atoms with E-state index in [0.29, 0.717) is 51.4 Å². The Morgan fingerprint density at radius 2 is 1.52 bits per heavy atom. The fourth-order valence-corrected chi connectivity index (χ4v) is 11.1. The average Bonchev–Trinajstić information content (AvgIpc) is 3.48. The molecule has 0 amide bonds. The normalized spacial score (nSPS) is 45.9. The standard InChI is InChI=1S/C43H72O11/c1-12-30(39(47)48)32-16-15-23(4)37(51-32)28(9)35(45)27(8)36(46)31(13-2)38-24(5)21-25(6)43(52-38)26(7)22-33(44)42(54-43)20-19-40(11,53-42)34-17-18-41(49,14-3)29(10)50-34/h23-32,34-35,37-38,45,49H,12-22H2,1-11H3,(H,47,48)/t23-,24-,25+,26?,27-,28-,29-,30+,31-,32+,34+,35+,37+,38-,40-,41+,42-,43+/m0/s1. The number of carbonyl (C=O) groups excluding carboxylic acids is 2. The van der Waals surface area contributed by atoms with Gasteiger partial charge in [-0.2, -0.15) is 0 Å². The van der Waals surface area contributed by atoms with Gasteiger partial charge in [-0.3, -0.25) is 14.4 Å². The lowest BCUT2D eigenvalue weighted by atomic mass is 9.70. The van der Waals surface area contributed by atoms with Crippen LogP contribution in [-0.2, 0) is 38.1 Å². The fraction of sp³-hybridized carbons (Fsp3) is 0.930. The van der Waals surface area contributed by atoms with E-state index in [2.05, 4.69) is 20.8 Å². The quantitative estimate of drug-likeness (QED) is 0.191. The van der Waals surface area contributed by atoms with Gasteiger partial charge < -0.3 is 39.0 Å². The predicted octanol–water partition coefficient (Wildman–Crippen LogP) is 6.87. The van der Waals surface area contributed by atoms with Crippen LogP contribution in [0.25, 0.3) is 0 Å². The van der Waals surface area contributed by atoms with Crippen molar-refractivity contribution in [1.82, 2.24) is 0 Å². The topological polar surface area (TPSA) is 158 Å². The first-order valence-electron chi connectivity index (χ1n) is 21.3. The highest BCUT2D eigenvalue weighted by Gasteiger charge is 2.66. The molecule has 2 spiro atoms. The van der Waals surface area contributed by atoms with E-state index in [4.69, 9.17) is 23.7 Å². The van der Waals surface area contributed by atoms with Gasteiger partial charge in [0, 0.05) is 42.4 Å². The van der Waals surface area contributed by atoms with Crippen molar-refractivity contribution in [3.63, 3.8) is 0 Å². The molecule has 0 bridgehead atoms. The molecule has 310 valence electrons. The molecule has 0 saturated carbocycles. The van der Waals surface area contributed by atoms with Gasteiger partial charge in [-0.25, -0.2) is 0 Å². The maximum absolute atomic E-state index is 14.5. The fourth-order valence-electron chi connectivity index (χ4n) is 11.1. The molecule has 11 nitrogen and oxygen atoms in total. The van der Waals surface area contributed by atoms with Gasteiger partial charge in [-0.1, -0.05) is 62.3 Å². The maximum Gasteiger partial charge on any atom is 0.309 e. The Bertz CT molecular complexity index is 1360. The smallest absolute Gasteiger partial charge is 0.309 e. The third-order valence-electron chi connectivity index (χ3n) is 15.1. The molecular weight excluding hydrogens is 692 g/mol. The molecule has 0 aromatic carbocycles. The molecule has 3 N–H and O–H groups in total. The molecule has 5 aliphatic rings. The highest BCUT2D eigenvalue weighted by atomic mass is 16.8. The van der Waals surface area contributed by atoms with E-state index in [9.17, 15) is 29.7 Å². The number of hydrogen-bond donors (Lipinski definition) is 3. The van der Waals surface area contributed by atoms with Crippen LogP contribution < -0.4 is 0 Å². The Morgan fingerprint density at radius 3 is 2.11 bits per heavy atom. The van der Waals surface area contributed by atoms with Gasteiger partial charge in [-0.15, -0.1) is 0 Å². The SMILES string of the molecule is CC[C@@H](C(=O)[C@@H](C)[C@@H](O)[C@H](C)[C@@H]1O[C@@H]([C@@H](CC)C(=O)O)CC[C@@H]1C)[C@H]1O[C@@]2(O[C@@]3(CC[C@@](C)([C@H]4CC[C@](O)(CC)[C@H](C)O4)O3)C(=O)CC2C)[C@H](C)C[C@@H]1C. The minimum Gasteiger partial charge on any atom is -0.481 e. The van der Waals surface area contributed by atoms with Crippen molar-refractivity contribution in [2.75, 3.05) is 0 Å². The summed E-state index contributed by atoms with van der Waals surface area (Å²) in [5.74, 6) is -6.21. The summed E-state index contributed by atoms with van der Waals surface area (Å²) in [6.07, 6.45) is 3.10. The Labute approximate surface area is 323 Å². The lowest BCUT2D eigenvalue weighted by Crippen LogP contribution is -2.66. The minimum atomic E-state index is -1.50. The summed E-state index contributed by atoms with van der Waals surface area (Å²) in [6, 6.07) is 0. The van der Waals surface area contributed by atoms with Crippen molar-refractivity contribution in [2.45, 2.75) is 206 Å². The zero-order valence-electron chi connectivity index (χ0n) is 35.0. The molecule has 0 aromatic rings. The van der Waals surface area contributed by atoms with E-state index in [1.807, 2.05) is 48.5 Å². The Balaban J connectivity index is 1.33. The number of ether oxygens (including phenoxy) is 5. The van der Waals surface area contributed by atoms with Crippen LogP contribution in [0.4, 0.5) is 0 Å². The van der Waals surface area contributed by atoms with Crippen molar-refractivity contribution in [3.05, 3.63) is 0 Å². The molecule has 11 heteroatoms. The number of hydrogen-bond acceptors (Lipinski definition) is 10. The number of Topliss-reactive ketones (excluding diaryl/α,β-unsaturated/α-hetero) is 2. The molecule has 18 atom stereocenters. The molecule has 54 heavy (non-hydrogen) atoms. The molecule has 5 aliphatic heterocycles. The molecule has 0 aliphatic carbocycles. The maximum atomic E-state index is 14.5. The van der Waals surface area contributed by atoms with E-state index in [-0.39, 0.29) is 60.0 Å². The summed E-state index contributed by atoms with van der Waals surface area (Å²) in [6.45, 7) is 21.6. The van der Waals surface area contributed by atoms with Gasteiger partial charge in [0.15, 0.2) is 11.6 Å². The first-order chi connectivity index (χ1) is 25.2. The van der Waals surface area contributed by atoms with Crippen LogP contribution in [0.5, 0.6) is 0 Å². The number of rotatable bonds is 12. The summed E-state index contributed by atoms with van der Waals surface area (Å²) >= 11 is 0. The lowest BCUT2D eigenvalue weighted by molar-refractivity contribution is -0.419. The van der Waals surface area contributed by atoms with E-state index in [1.165, 1.54) is 0 Å². The van der Waals surface area contributed by atoms with Gasteiger partial charge in [0.1, 0.15) is 5.78 Å². The second-order valence-electron chi connectivity index (χ2n) is 18.6.